The molecule has 3 heteroatoms. The highest BCUT2D eigenvalue weighted by Crippen LogP contribution is 2.21. The van der Waals surface area contributed by atoms with Gasteiger partial charge in [0.1, 0.15) is 5.75 Å². The van der Waals surface area contributed by atoms with E-state index < -0.39 is 0 Å². The van der Waals surface area contributed by atoms with E-state index >= 15 is 0 Å². The molecule has 0 aliphatic carbocycles. The number of ether oxygens (including phenoxy) is 1. The lowest BCUT2D eigenvalue weighted by atomic mass is 10.1. The lowest BCUT2D eigenvalue weighted by molar-refractivity contribution is 0.240. The first-order valence-electron chi connectivity index (χ1n) is 6.68. The van der Waals surface area contributed by atoms with Gasteiger partial charge < -0.3 is 10.5 Å². The van der Waals surface area contributed by atoms with Gasteiger partial charge in [-0.15, -0.1) is 0 Å². The molecular formula is C15H26N2O. The molecule has 0 aliphatic rings. The topological polar surface area (TPSA) is 38.5 Å². The van der Waals surface area contributed by atoms with Crippen LogP contribution in [0.15, 0.2) is 18.2 Å². The fraction of sp³-hybridized carbons (Fsp3) is 0.600. The Hall–Kier alpha value is -1.06. The van der Waals surface area contributed by atoms with Crippen molar-refractivity contribution in [1.29, 1.82) is 0 Å². The van der Waals surface area contributed by atoms with Crippen molar-refractivity contribution in [2.45, 2.75) is 39.3 Å². The number of benzene rings is 1. The molecule has 1 rings (SSSR count). The van der Waals surface area contributed by atoms with Crippen molar-refractivity contribution in [3.05, 3.63) is 29.3 Å². The number of hydrogen-bond donors (Lipinski definition) is 1. The summed E-state index contributed by atoms with van der Waals surface area (Å²) in [6.45, 7) is 6.08. The Morgan fingerprint density at radius 1 is 1.39 bits per heavy atom. The Bertz CT molecular complexity index is 366. The summed E-state index contributed by atoms with van der Waals surface area (Å²) in [5, 5.41) is 0. The molecule has 0 radical (unpaired) electrons. The van der Waals surface area contributed by atoms with Gasteiger partial charge in [-0.1, -0.05) is 19.1 Å². The van der Waals surface area contributed by atoms with Gasteiger partial charge in [-0.25, -0.2) is 0 Å². The third kappa shape index (κ3) is 4.00. The van der Waals surface area contributed by atoms with Crippen LogP contribution in [-0.2, 0) is 13.0 Å². The van der Waals surface area contributed by atoms with E-state index in [1.807, 2.05) is 0 Å². The highest BCUT2D eigenvalue weighted by Gasteiger charge is 2.10. The van der Waals surface area contributed by atoms with Gasteiger partial charge in [0.05, 0.1) is 7.11 Å². The number of hydrogen-bond acceptors (Lipinski definition) is 3. The van der Waals surface area contributed by atoms with Gasteiger partial charge in [-0.2, -0.15) is 0 Å². The SMILES string of the molecule is CCc1cc(CN(C)C(C)CCN)ccc1OC. The zero-order valence-electron chi connectivity index (χ0n) is 12.1. The Morgan fingerprint density at radius 2 is 2.11 bits per heavy atom. The van der Waals surface area contributed by atoms with Crippen molar-refractivity contribution in [3.63, 3.8) is 0 Å². The molecule has 1 aromatic carbocycles. The lowest BCUT2D eigenvalue weighted by Gasteiger charge is -2.24. The van der Waals surface area contributed by atoms with Crippen molar-refractivity contribution >= 4 is 0 Å². The number of methoxy groups -OCH3 is 1. The van der Waals surface area contributed by atoms with E-state index in [-0.39, 0.29) is 0 Å². The molecule has 0 saturated heterocycles. The third-order valence-electron chi connectivity index (χ3n) is 3.49. The number of nitrogens with zero attached hydrogens (tertiary/aromatic N) is 1. The second-order valence-corrected chi connectivity index (χ2v) is 4.84. The van der Waals surface area contributed by atoms with Gasteiger partial charge in [0.2, 0.25) is 0 Å². The van der Waals surface area contributed by atoms with Crippen LogP contribution in [0.5, 0.6) is 5.75 Å². The van der Waals surface area contributed by atoms with Crippen LogP contribution in [0.1, 0.15) is 31.4 Å². The molecule has 1 aromatic rings. The number of rotatable bonds is 7. The molecule has 0 spiro atoms. The Balaban J connectivity index is 2.72. The molecule has 0 amide bonds. The molecule has 18 heavy (non-hydrogen) atoms. The summed E-state index contributed by atoms with van der Waals surface area (Å²) < 4.78 is 5.35. The molecule has 0 saturated carbocycles. The van der Waals surface area contributed by atoms with Crippen LogP contribution in [0.3, 0.4) is 0 Å². The monoisotopic (exact) mass is 250 g/mol. The van der Waals surface area contributed by atoms with Gasteiger partial charge in [0.15, 0.2) is 0 Å². The van der Waals surface area contributed by atoms with Gasteiger partial charge in [0.25, 0.3) is 0 Å². The molecule has 2 N–H and O–H groups in total. The normalized spacial score (nSPS) is 12.8. The Labute approximate surface area is 111 Å². The van der Waals surface area contributed by atoms with Crippen molar-refractivity contribution in [3.8, 4) is 5.75 Å². The maximum Gasteiger partial charge on any atom is 0.122 e. The summed E-state index contributed by atoms with van der Waals surface area (Å²) in [7, 11) is 3.87. The van der Waals surface area contributed by atoms with Gasteiger partial charge >= 0.3 is 0 Å². The Morgan fingerprint density at radius 3 is 2.67 bits per heavy atom. The molecular weight excluding hydrogens is 224 g/mol. The van der Waals surface area contributed by atoms with Crippen LogP contribution in [0.2, 0.25) is 0 Å². The van der Waals surface area contributed by atoms with Crippen molar-refractivity contribution < 1.29 is 4.74 Å². The summed E-state index contributed by atoms with van der Waals surface area (Å²) in [6, 6.07) is 6.96. The quantitative estimate of drug-likeness (QED) is 0.807. The van der Waals surface area contributed by atoms with Crippen LogP contribution < -0.4 is 10.5 Å². The largest absolute Gasteiger partial charge is 0.496 e. The first-order valence-corrected chi connectivity index (χ1v) is 6.68. The average molecular weight is 250 g/mol. The molecule has 0 aromatic heterocycles. The fourth-order valence-electron chi connectivity index (χ4n) is 2.11. The Kier molecular flexibility index (Phi) is 6.16. The van der Waals surface area contributed by atoms with Crippen LogP contribution in [-0.4, -0.2) is 31.6 Å². The summed E-state index contributed by atoms with van der Waals surface area (Å²) in [4.78, 5) is 2.34. The van der Waals surface area contributed by atoms with E-state index in [0.717, 1.165) is 31.7 Å². The smallest absolute Gasteiger partial charge is 0.122 e. The van der Waals surface area contributed by atoms with Gasteiger partial charge in [-0.05, 0) is 50.6 Å². The predicted octanol–water partition coefficient (Wildman–Crippen LogP) is 2.43. The third-order valence-corrected chi connectivity index (χ3v) is 3.49. The second kappa shape index (κ2) is 7.39. The summed E-state index contributed by atoms with van der Waals surface area (Å²) >= 11 is 0. The maximum atomic E-state index is 5.60. The van der Waals surface area contributed by atoms with Crippen LogP contribution >= 0.6 is 0 Å². The summed E-state index contributed by atoms with van der Waals surface area (Å²) in [6.07, 6.45) is 2.03. The molecule has 0 aliphatic heterocycles. The molecule has 0 fully saturated rings. The molecule has 0 heterocycles. The highest BCUT2D eigenvalue weighted by molar-refractivity contribution is 5.37. The highest BCUT2D eigenvalue weighted by atomic mass is 16.5. The van der Waals surface area contributed by atoms with E-state index in [2.05, 4.69) is 44.0 Å². The van der Waals surface area contributed by atoms with Crippen molar-refractivity contribution in [2.75, 3.05) is 20.7 Å². The first kappa shape index (κ1) is 15.0. The minimum atomic E-state index is 0.516. The van der Waals surface area contributed by atoms with Crippen LogP contribution in [0.4, 0.5) is 0 Å². The standard InChI is InChI=1S/C15H26N2O/c1-5-14-10-13(6-7-15(14)18-4)11-17(3)12(2)8-9-16/h6-7,10,12H,5,8-9,11,16H2,1-4H3. The predicted molar refractivity (Wildman–Crippen MR) is 77.0 cm³/mol. The molecule has 1 unspecified atom stereocenters. The second-order valence-electron chi connectivity index (χ2n) is 4.84. The van der Waals surface area contributed by atoms with Crippen LogP contribution in [0, 0.1) is 0 Å². The zero-order chi connectivity index (χ0) is 13.5. The lowest BCUT2D eigenvalue weighted by Crippen LogP contribution is -2.30. The van der Waals surface area contributed by atoms with Gasteiger partial charge in [-0.3, -0.25) is 4.90 Å². The molecule has 1 atom stereocenters. The number of aryl methyl sites for hydroxylation is 1. The average Bonchev–Trinajstić information content (AvgIpc) is 2.38. The minimum absolute atomic E-state index is 0.516. The van der Waals surface area contributed by atoms with Crippen LogP contribution in [0.25, 0.3) is 0 Å². The van der Waals surface area contributed by atoms with E-state index in [1.54, 1.807) is 7.11 Å². The fourth-order valence-corrected chi connectivity index (χ4v) is 2.11. The van der Waals surface area contributed by atoms with E-state index in [9.17, 15) is 0 Å². The maximum absolute atomic E-state index is 5.60. The zero-order valence-corrected chi connectivity index (χ0v) is 12.1. The first-order chi connectivity index (χ1) is 8.62. The number of nitrogens with two attached hydrogens (primary N) is 1. The van der Waals surface area contributed by atoms with Crippen molar-refractivity contribution in [1.82, 2.24) is 4.90 Å². The van der Waals surface area contributed by atoms with Gasteiger partial charge in [0, 0.05) is 12.6 Å². The summed E-state index contributed by atoms with van der Waals surface area (Å²) in [5.74, 6) is 0.985. The molecule has 0 bridgehead atoms. The van der Waals surface area contributed by atoms with E-state index in [1.165, 1.54) is 11.1 Å². The van der Waals surface area contributed by atoms with E-state index in [4.69, 9.17) is 10.5 Å². The minimum Gasteiger partial charge on any atom is -0.496 e. The molecule has 102 valence electrons. The van der Waals surface area contributed by atoms with Crippen molar-refractivity contribution in [2.24, 2.45) is 5.73 Å². The van der Waals surface area contributed by atoms with E-state index in [0.29, 0.717) is 6.04 Å². The molecule has 3 nitrogen and oxygen atoms in total. The summed E-state index contributed by atoms with van der Waals surface area (Å²) in [5.41, 5.74) is 8.21.